The topological polar surface area (TPSA) is 109 Å². The average molecular weight is 515 g/mol. The van der Waals surface area contributed by atoms with Crippen LogP contribution in [0.2, 0.25) is 10.0 Å². The summed E-state index contributed by atoms with van der Waals surface area (Å²) in [7, 11) is -3.24. The maximum Gasteiger partial charge on any atom is 0.248 e. The number of sulfonamides is 1. The zero-order chi connectivity index (χ0) is 23.6. The van der Waals surface area contributed by atoms with Crippen LogP contribution in [0.25, 0.3) is 5.69 Å². The number of anilines is 2. The smallest absolute Gasteiger partial charge is 0.248 e. The van der Waals surface area contributed by atoms with E-state index in [1.54, 1.807) is 6.20 Å². The number of halogens is 3. The van der Waals surface area contributed by atoms with Crippen LogP contribution in [0.15, 0.2) is 30.5 Å². The Morgan fingerprint density at radius 3 is 2.73 bits per heavy atom. The van der Waals surface area contributed by atoms with E-state index in [0.717, 1.165) is 11.4 Å². The van der Waals surface area contributed by atoms with Crippen LogP contribution in [-0.4, -0.2) is 70.3 Å². The fourth-order valence-electron chi connectivity index (χ4n) is 3.60. The van der Waals surface area contributed by atoms with E-state index < -0.39 is 15.8 Å². The molecule has 4 rings (SSSR count). The van der Waals surface area contributed by atoms with Crippen LogP contribution in [0.3, 0.4) is 0 Å². The third-order valence-corrected chi connectivity index (χ3v) is 7.39. The minimum Gasteiger partial charge on any atom is -0.355 e. The number of tetrazole rings is 1. The third-order valence-electron chi connectivity index (χ3n) is 5.24. The molecule has 33 heavy (non-hydrogen) atoms. The Kier molecular flexibility index (Phi) is 6.98. The highest BCUT2D eigenvalue weighted by molar-refractivity contribution is 7.88. The van der Waals surface area contributed by atoms with Crippen LogP contribution in [0.1, 0.15) is 12.0 Å². The van der Waals surface area contributed by atoms with Gasteiger partial charge in [0, 0.05) is 44.5 Å². The lowest BCUT2D eigenvalue weighted by Crippen LogP contribution is -2.35. The van der Waals surface area contributed by atoms with Gasteiger partial charge >= 0.3 is 0 Å². The predicted molar refractivity (Wildman–Crippen MR) is 124 cm³/mol. The van der Waals surface area contributed by atoms with E-state index in [0.29, 0.717) is 44.8 Å². The Bertz CT molecular complexity index is 1260. The van der Waals surface area contributed by atoms with Crippen LogP contribution in [0, 0.1) is 5.82 Å². The van der Waals surface area contributed by atoms with E-state index in [1.807, 2.05) is 12.1 Å². The van der Waals surface area contributed by atoms with Gasteiger partial charge in [-0.15, -0.1) is 0 Å². The first kappa shape index (κ1) is 23.6. The van der Waals surface area contributed by atoms with E-state index >= 15 is 0 Å². The maximum atomic E-state index is 13.7. The van der Waals surface area contributed by atoms with Gasteiger partial charge in [-0.05, 0) is 35.0 Å². The number of hydrogen-bond donors (Lipinski definition) is 1. The number of hydrogen-bond acceptors (Lipinski definition) is 8. The Hall–Kier alpha value is -2.54. The van der Waals surface area contributed by atoms with Crippen LogP contribution < -0.4 is 10.2 Å². The van der Waals surface area contributed by atoms with Gasteiger partial charge < -0.3 is 10.2 Å². The SMILES string of the molecule is CS(=O)(=O)N1CCCN(c2ncccc2CNc2nnnn2-c2ccc(F)c(Cl)c2Cl)CC1. The van der Waals surface area contributed by atoms with Gasteiger partial charge in [0.05, 0.1) is 22.0 Å². The van der Waals surface area contributed by atoms with Gasteiger partial charge in [0.25, 0.3) is 0 Å². The lowest BCUT2D eigenvalue weighted by atomic mass is 10.2. The molecule has 0 unspecified atom stereocenters. The molecule has 0 saturated carbocycles. The Morgan fingerprint density at radius 1 is 1.12 bits per heavy atom. The Balaban J connectivity index is 1.53. The van der Waals surface area contributed by atoms with E-state index in [-0.39, 0.29) is 16.0 Å². The second-order valence-corrected chi connectivity index (χ2v) is 10.2. The molecule has 0 radical (unpaired) electrons. The van der Waals surface area contributed by atoms with Crippen molar-refractivity contribution >= 4 is 45.0 Å². The molecule has 0 spiro atoms. The highest BCUT2D eigenvalue weighted by atomic mass is 35.5. The normalized spacial score (nSPS) is 15.5. The van der Waals surface area contributed by atoms with Gasteiger partial charge in [-0.1, -0.05) is 34.4 Å². The zero-order valence-corrected chi connectivity index (χ0v) is 19.9. The van der Waals surface area contributed by atoms with E-state index in [9.17, 15) is 12.8 Å². The predicted octanol–water partition coefficient (Wildman–Crippen LogP) is 2.59. The summed E-state index contributed by atoms with van der Waals surface area (Å²) in [6.45, 7) is 2.41. The van der Waals surface area contributed by atoms with E-state index in [1.165, 1.54) is 27.4 Å². The summed E-state index contributed by atoms with van der Waals surface area (Å²) in [6, 6.07) is 6.36. The lowest BCUT2D eigenvalue weighted by Gasteiger charge is -2.24. The number of benzene rings is 1. The minimum atomic E-state index is -3.24. The molecule has 0 aliphatic carbocycles. The monoisotopic (exact) mass is 514 g/mol. The molecule has 0 bridgehead atoms. The van der Waals surface area contributed by atoms with Gasteiger partial charge in [0.15, 0.2) is 0 Å². The molecule has 10 nitrogen and oxygen atoms in total. The van der Waals surface area contributed by atoms with Crippen molar-refractivity contribution in [2.24, 2.45) is 0 Å². The molecule has 1 N–H and O–H groups in total. The molecule has 14 heteroatoms. The molecule has 176 valence electrons. The standard InChI is InChI=1S/C19H21Cl2FN8O2S/c1-33(31,32)29-9-3-8-28(10-11-29)18-13(4-2-7-23-18)12-24-19-25-26-27-30(19)15-6-5-14(22)16(20)17(15)21/h2,4-7H,3,8-12H2,1H3,(H,24,25,27). The highest BCUT2D eigenvalue weighted by Crippen LogP contribution is 2.31. The van der Waals surface area contributed by atoms with Crippen molar-refractivity contribution in [2.45, 2.75) is 13.0 Å². The number of aromatic nitrogens is 5. The molecule has 0 atom stereocenters. The molecule has 2 aromatic heterocycles. The first-order valence-electron chi connectivity index (χ1n) is 10.1. The van der Waals surface area contributed by atoms with E-state index in [4.69, 9.17) is 23.2 Å². The van der Waals surface area contributed by atoms with Crippen LogP contribution in [0.4, 0.5) is 16.2 Å². The quantitative estimate of drug-likeness (QED) is 0.499. The third kappa shape index (κ3) is 5.18. The molecular formula is C19H21Cl2FN8O2S. The van der Waals surface area contributed by atoms with Crippen molar-refractivity contribution in [3.05, 3.63) is 51.9 Å². The zero-order valence-electron chi connectivity index (χ0n) is 17.6. The second kappa shape index (κ2) is 9.75. The molecule has 1 aliphatic heterocycles. The van der Waals surface area contributed by atoms with E-state index in [2.05, 4.69) is 30.7 Å². The molecular weight excluding hydrogens is 494 g/mol. The Morgan fingerprint density at radius 2 is 1.94 bits per heavy atom. The van der Waals surface area contributed by atoms with Gasteiger partial charge in [0.1, 0.15) is 11.6 Å². The van der Waals surface area contributed by atoms with Crippen molar-refractivity contribution in [3.63, 3.8) is 0 Å². The molecule has 0 amide bonds. The van der Waals surface area contributed by atoms with Crippen LogP contribution in [-0.2, 0) is 16.6 Å². The van der Waals surface area contributed by atoms with Crippen molar-refractivity contribution in [1.82, 2.24) is 29.5 Å². The van der Waals surface area contributed by atoms with Crippen molar-refractivity contribution in [3.8, 4) is 5.69 Å². The summed E-state index contributed by atoms with van der Waals surface area (Å²) in [5.41, 5.74) is 1.21. The van der Waals surface area contributed by atoms with Crippen molar-refractivity contribution in [1.29, 1.82) is 0 Å². The van der Waals surface area contributed by atoms with Crippen LogP contribution >= 0.6 is 23.2 Å². The van der Waals surface area contributed by atoms with Crippen molar-refractivity contribution < 1.29 is 12.8 Å². The summed E-state index contributed by atoms with van der Waals surface area (Å²) in [5, 5.41) is 14.5. The summed E-state index contributed by atoms with van der Waals surface area (Å²) in [4.78, 5) is 6.60. The first-order valence-corrected chi connectivity index (χ1v) is 12.7. The summed E-state index contributed by atoms with van der Waals surface area (Å²) in [5.74, 6) is 0.399. The molecule has 3 aromatic rings. The summed E-state index contributed by atoms with van der Waals surface area (Å²) >= 11 is 12.1. The fraction of sp³-hybridized carbons (Fsp3) is 0.368. The van der Waals surface area contributed by atoms with Crippen LogP contribution in [0.5, 0.6) is 0 Å². The Labute approximate surface area is 200 Å². The number of nitrogens with zero attached hydrogens (tertiary/aromatic N) is 7. The largest absolute Gasteiger partial charge is 0.355 e. The maximum absolute atomic E-state index is 13.7. The minimum absolute atomic E-state index is 0.00548. The van der Waals surface area contributed by atoms with Gasteiger partial charge in [-0.3, -0.25) is 0 Å². The summed E-state index contributed by atoms with van der Waals surface area (Å²) < 4.78 is 40.3. The number of nitrogens with one attached hydrogen (secondary N) is 1. The van der Waals surface area contributed by atoms with Gasteiger partial charge in [-0.2, -0.15) is 4.68 Å². The molecule has 1 saturated heterocycles. The fourth-order valence-corrected chi connectivity index (χ4v) is 4.87. The van der Waals surface area contributed by atoms with Gasteiger partial charge in [0.2, 0.25) is 16.0 Å². The number of pyridine rings is 1. The molecule has 1 fully saturated rings. The van der Waals surface area contributed by atoms with Crippen molar-refractivity contribution in [2.75, 3.05) is 42.7 Å². The molecule has 1 aromatic carbocycles. The highest BCUT2D eigenvalue weighted by Gasteiger charge is 2.23. The second-order valence-electron chi connectivity index (χ2n) is 7.45. The lowest BCUT2D eigenvalue weighted by molar-refractivity contribution is 0.437. The summed E-state index contributed by atoms with van der Waals surface area (Å²) in [6.07, 6.45) is 3.62. The first-order chi connectivity index (χ1) is 15.8. The molecule has 3 heterocycles. The number of rotatable bonds is 6. The average Bonchev–Trinajstić information content (AvgIpc) is 3.09. The molecule has 1 aliphatic rings. The van der Waals surface area contributed by atoms with Gasteiger partial charge in [-0.25, -0.2) is 22.1 Å².